The zero-order chi connectivity index (χ0) is 27.2. The second-order valence-electron chi connectivity index (χ2n) is 8.41. The van der Waals surface area contributed by atoms with E-state index in [2.05, 4.69) is 31.5 Å². The summed E-state index contributed by atoms with van der Waals surface area (Å²) in [6.45, 7) is 4.28. The number of benzene rings is 3. The highest BCUT2D eigenvalue weighted by Gasteiger charge is 2.25. The number of carbonyl (C=O) groups is 2. The van der Waals surface area contributed by atoms with Crippen molar-refractivity contribution in [1.29, 1.82) is 0 Å². The minimum Gasteiger partial charge on any atom is -0.493 e. The molecule has 0 aromatic heterocycles. The summed E-state index contributed by atoms with van der Waals surface area (Å²) < 4.78 is 20.2. The van der Waals surface area contributed by atoms with Gasteiger partial charge in [-0.2, -0.15) is 0 Å². The van der Waals surface area contributed by atoms with Gasteiger partial charge in [0.15, 0.2) is 5.11 Å². The van der Waals surface area contributed by atoms with E-state index in [-0.39, 0.29) is 22.5 Å². The van der Waals surface area contributed by atoms with Crippen molar-refractivity contribution in [2.75, 3.05) is 43.0 Å². The van der Waals surface area contributed by atoms with Gasteiger partial charge in [0.05, 0.1) is 28.0 Å². The van der Waals surface area contributed by atoms with Crippen LogP contribution in [0.2, 0.25) is 5.02 Å². The Hall–Kier alpha value is -3.21. The lowest BCUT2D eigenvalue weighted by Crippen LogP contribution is -2.49. The molecule has 0 spiro atoms. The van der Waals surface area contributed by atoms with E-state index in [9.17, 15) is 14.0 Å². The lowest BCUT2D eigenvalue weighted by molar-refractivity contribution is 0.0742. The molecule has 2 amide bonds. The molecule has 0 unspecified atom stereocenters. The molecule has 2 N–H and O–H groups in total. The lowest BCUT2D eigenvalue weighted by atomic mass is 10.1. The first-order chi connectivity index (χ1) is 18.3. The molecular weight excluding hydrogens is 595 g/mol. The normalized spacial score (nSPS) is 13.2. The van der Waals surface area contributed by atoms with Crippen LogP contribution in [0, 0.1) is 5.82 Å². The first-order valence-electron chi connectivity index (χ1n) is 11.9. The molecule has 1 heterocycles. The Balaban J connectivity index is 1.41. The quantitative estimate of drug-likeness (QED) is 0.344. The summed E-state index contributed by atoms with van der Waals surface area (Å²) in [6, 6.07) is 16.3. The van der Waals surface area contributed by atoms with Crippen molar-refractivity contribution in [2.45, 2.75) is 6.92 Å². The van der Waals surface area contributed by atoms with Gasteiger partial charge in [-0.3, -0.25) is 14.9 Å². The Morgan fingerprint density at radius 3 is 2.50 bits per heavy atom. The van der Waals surface area contributed by atoms with Crippen molar-refractivity contribution >= 4 is 68.1 Å². The number of anilines is 2. The zero-order valence-electron chi connectivity index (χ0n) is 20.5. The van der Waals surface area contributed by atoms with Crippen LogP contribution in [0.1, 0.15) is 27.6 Å². The van der Waals surface area contributed by atoms with Gasteiger partial charge in [-0.1, -0.05) is 23.7 Å². The first-order valence-corrected chi connectivity index (χ1v) is 13.5. The van der Waals surface area contributed by atoms with Crippen LogP contribution < -0.4 is 20.3 Å². The number of piperazine rings is 1. The van der Waals surface area contributed by atoms with Crippen LogP contribution in [0.4, 0.5) is 15.8 Å². The first kappa shape index (κ1) is 27.8. The molecule has 0 atom stereocenters. The molecule has 11 heteroatoms. The molecule has 1 aliphatic heterocycles. The van der Waals surface area contributed by atoms with Gasteiger partial charge in [0, 0.05) is 36.8 Å². The standard InChI is InChI=1S/C27H25BrClFN4O3S/c1-2-37-24-10-7-17(15-20(24)28)25(35)32-27(38)31-22-16-18(29)8-9-23(22)33-11-13-34(14-12-33)26(36)19-5-3-4-6-21(19)30/h3-10,15-16H,2,11-14H2,1H3,(H2,31,32,35,38). The van der Waals surface area contributed by atoms with Crippen LogP contribution in [-0.2, 0) is 0 Å². The van der Waals surface area contributed by atoms with E-state index in [1.165, 1.54) is 12.1 Å². The average molecular weight is 620 g/mol. The second-order valence-corrected chi connectivity index (χ2v) is 10.1. The van der Waals surface area contributed by atoms with Crippen LogP contribution in [0.25, 0.3) is 0 Å². The van der Waals surface area contributed by atoms with Gasteiger partial charge in [-0.05, 0) is 83.6 Å². The average Bonchev–Trinajstić information content (AvgIpc) is 2.90. The Kier molecular flexibility index (Phi) is 9.19. The molecule has 3 aromatic carbocycles. The van der Waals surface area contributed by atoms with Crippen molar-refractivity contribution in [3.8, 4) is 5.75 Å². The summed E-state index contributed by atoms with van der Waals surface area (Å²) in [5.41, 5.74) is 1.90. The molecule has 1 fully saturated rings. The number of amides is 2. The zero-order valence-corrected chi connectivity index (χ0v) is 23.6. The summed E-state index contributed by atoms with van der Waals surface area (Å²) in [5.74, 6) is -0.599. The molecule has 1 aliphatic rings. The van der Waals surface area contributed by atoms with Gasteiger partial charge in [-0.15, -0.1) is 0 Å². The molecular formula is C27H25BrClFN4O3S. The van der Waals surface area contributed by atoms with Crippen LogP contribution in [0.5, 0.6) is 5.75 Å². The molecule has 7 nitrogen and oxygen atoms in total. The largest absolute Gasteiger partial charge is 0.493 e. The Morgan fingerprint density at radius 2 is 1.82 bits per heavy atom. The van der Waals surface area contributed by atoms with Crippen LogP contribution in [-0.4, -0.2) is 54.6 Å². The third-order valence-electron chi connectivity index (χ3n) is 5.94. The number of nitrogens with one attached hydrogen (secondary N) is 2. The van der Waals surface area contributed by atoms with Crippen molar-refractivity contribution in [2.24, 2.45) is 0 Å². The van der Waals surface area contributed by atoms with Crippen LogP contribution in [0.15, 0.2) is 65.1 Å². The third-order valence-corrected chi connectivity index (χ3v) is 7.00. The third kappa shape index (κ3) is 6.61. The topological polar surface area (TPSA) is 73.9 Å². The van der Waals surface area contributed by atoms with Crippen molar-refractivity contribution in [3.63, 3.8) is 0 Å². The van der Waals surface area contributed by atoms with E-state index >= 15 is 0 Å². The summed E-state index contributed by atoms with van der Waals surface area (Å²) in [5, 5.41) is 6.36. The lowest BCUT2D eigenvalue weighted by Gasteiger charge is -2.37. The number of hydrogen-bond donors (Lipinski definition) is 2. The predicted octanol–water partition coefficient (Wildman–Crippen LogP) is 5.73. The molecule has 0 aliphatic carbocycles. The van der Waals surface area contributed by atoms with Crippen LogP contribution in [0.3, 0.4) is 0 Å². The van der Waals surface area contributed by atoms with E-state index in [0.29, 0.717) is 59.3 Å². The fourth-order valence-electron chi connectivity index (χ4n) is 4.08. The number of rotatable bonds is 6. The van der Waals surface area contributed by atoms with Gasteiger partial charge in [0.25, 0.3) is 11.8 Å². The van der Waals surface area contributed by atoms with Crippen molar-refractivity contribution in [3.05, 3.63) is 87.1 Å². The predicted molar refractivity (Wildman–Crippen MR) is 155 cm³/mol. The van der Waals surface area contributed by atoms with Gasteiger partial charge in [-0.25, -0.2) is 4.39 Å². The fourth-order valence-corrected chi connectivity index (χ4v) is 4.95. The van der Waals surface area contributed by atoms with Gasteiger partial charge >= 0.3 is 0 Å². The summed E-state index contributed by atoms with van der Waals surface area (Å²) in [4.78, 5) is 29.3. The summed E-state index contributed by atoms with van der Waals surface area (Å²) in [6.07, 6.45) is 0. The number of hydrogen-bond acceptors (Lipinski definition) is 5. The maximum Gasteiger partial charge on any atom is 0.257 e. The van der Waals surface area contributed by atoms with Crippen LogP contribution >= 0.6 is 39.7 Å². The molecule has 38 heavy (non-hydrogen) atoms. The minimum atomic E-state index is -0.530. The Morgan fingerprint density at radius 1 is 1.08 bits per heavy atom. The SMILES string of the molecule is CCOc1ccc(C(=O)NC(=S)Nc2cc(Cl)ccc2N2CCN(C(=O)c3ccccc3F)CC2)cc1Br. The fraction of sp³-hybridized carbons (Fsp3) is 0.222. The molecule has 198 valence electrons. The Bertz CT molecular complexity index is 1370. The highest BCUT2D eigenvalue weighted by molar-refractivity contribution is 9.10. The molecule has 0 bridgehead atoms. The number of nitrogens with zero attached hydrogens (tertiary/aromatic N) is 2. The van der Waals surface area contributed by atoms with Gasteiger partial charge < -0.3 is 19.9 Å². The van der Waals surface area contributed by atoms with E-state index in [0.717, 1.165) is 5.69 Å². The molecule has 3 aromatic rings. The molecule has 0 saturated carbocycles. The molecule has 0 radical (unpaired) electrons. The van der Waals surface area contributed by atoms with E-state index in [1.54, 1.807) is 47.4 Å². The summed E-state index contributed by atoms with van der Waals surface area (Å²) in [7, 11) is 0. The Labute approximate surface area is 239 Å². The maximum absolute atomic E-state index is 14.1. The van der Waals surface area contributed by atoms with E-state index < -0.39 is 5.82 Å². The van der Waals surface area contributed by atoms with E-state index in [4.69, 9.17) is 28.6 Å². The highest BCUT2D eigenvalue weighted by atomic mass is 79.9. The van der Waals surface area contributed by atoms with Gasteiger partial charge in [0.2, 0.25) is 0 Å². The maximum atomic E-state index is 14.1. The highest BCUT2D eigenvalue weighted by Crippen LogP contribution is 2.31. The summed E-state index contributed by atoms with van der Waals surface area (Å²) >= 11 is 15.1. The van der Waals surface area contributed by atoms with Crippen molar-refractivity contribution in [1.82, 2.24) is 10.2 Å². The van der Waals surface area contributed by atoms with E-state index in [1.807, 2.05) is 13.0 Å². The van der Waals surface area contributed by atoms with Crippen molar-refractivity contribution < 1.29 is 18.7 Å². The smallest absolute Gasteiger partial charge is 0.257 e. The molecule has 1 saturated heterocycles. The monoisotopic (exact) mass is 618 g/mol. The number of ether oxygens (including phenoxy) is 1. The number of carbonyl (C=O) groups excluding carboxylic acids is 2. The number of thiocarbonyl (C=S) groups is 1. The second kappa shape index (κ2) is 12.6. The number of halogens is 3. The molecule has 4 rings (SSSR count). The minimum absolute atomic E-state index is 0.0652. The van der Waals surface area contributed by atoms with Gasteiger partial charge in [0.1, 0.15) is 11.6 Å².